The van der Waals surface area contributed by atoms with E-state index in [0.717, 1.165) is 11.1 Å². The van der Waals surface area contributed by atoms with Crippen molar-refractivity contribution in [1.29, 1.82) is 0 Å². The van der Waals surface area contributed by atoms with Crippen LogP contribution in [-0.4, -0.2) is 25.9 Å². The molecule has 0 bridgehead atoms. The fourth-order valence-electron chi connectivity index (χ4n) is 2.33. The SMILES string of the molecule is COc1cccc(C2=NOC(=O)C2=Cc2ccccc2OC)c1. The van der Waals surface area contributed by atoms with Crippen molar-refractivity contribution < 1.29 is 19.1 Å². The summed E-state index contributed by atoms with van der Waals surface area (Å²) in [6.07, 6.45) is 1.71. The highest BCUT2D eigenvalue weighted by Gasteiger charge is 2.27. The van der Waals surface area contributed by atoms with Gasteiger partial charge in [-0.3, -0.25) is 0 Å². The maximum Gasteiger partial charge on any atom is 0.368 e. The van der Waals surface area contributed by atoms with Gasteiger partial charge < -0.3 is 14.3 Å². The molecular formula is C18H15NO4. The predicted octanol–water partition coefficient (Wildman–Crippen LogP) is 3.05. The van der Waals surface area contributed by atoms with Crippen LogP contribution in [0.3, 0.4) is 0 Å². The van der Waals surface area contributed by atoms with Crippen LogP contribution in [0, 0.1) is 0 Å². The van der Waals surface area contributed by atoms with E-state index < -0.39 is 5.97 Å². The van der Waals surface area contributed by atoms with Gasteiger partial charge in [0.15, 0.2) is 0 Å². The predicted molar refractivity (Wildman–Crippen MR) is 86.6 cm³/mol. The molecule has 0 saturated heterocycles. The zero-order chi connectivity index (χ0) is 16.2. The molecule has 0 saturated carbocycles. The third-order valence-electron chi connectivity index (χ3n) is 3.48. The number of hydrogen-bond donors (Lipinski definition) is 0. The Hall–Kier alpha value is -3.08. The fraction of sp³-hybridized carbons (Fsp3) is 0.111. The molecule has 0 amide bonds. The molecule has 2 aromatic rings. The van der Waals surface area contributed by atoms with E-state index in [1.54, 1.807) is 26.4 Å². The van der Waals surface area contributed by atoms with E-state index in [1.165, 1.54) is 0 Å². The van der Waals surface area contributed by atoms with Crippen molar-refractivity contribution in [3.05, 3.63) is 65.2 Å². The zero-order valence-electron chi connectivity index (χ0n) is 12.8. The molecule has 0 aliphatic carbocycles. The summed E-state index contributed by atoms with van der Waals surface area (Å²) in [6, 6.07) is 14.7. The quantitative estimate of drug-likeness (QED) is 0.643. The summed E-state index contributed by atoms with van der Waals surface area (Å²) in [5.74, 6) is 0.861. The number of ether oxygens (including phenoxy) is 2. The molecular weight excluding hydrogens is 294 g/mol. The summed E-state index contributed by atoms with van der Waals surface area (Å²) < 4.78 is 10.5. The van der Waals surface area contributed by atoms with Gasteiger partial charge in [0.25, 0.3) is 0 Å². The van der Waals surface area contributed by atoms with Crippen LogP contribution in [0.25, 0.3) is 6.08 Å². The molecule has 0 spiro atoms. The molecule has 1 aliphatic rings. The van der Waals surface area contributed by atoms with Gasteiger partial charge in [-0.1, -0.05) is 35.5 Å². The van der Waals surface area contributed by atoms with Crippen LogP contribution in [0.2, 0.25) is 0 Å². The first-order chi connectivity index (χ1) is 11.2. The lowest BCUT2D eigenvalue weighted by atomic mass is 10.00. The van der Waals surface area contributed by atoms with Gasteiger partial charge in [0.05, 0.1) is 19.8 Å². The number of benzene rings is 2. The van der Waals surface area contributed by atoms with E-state index in [4.69, 9.17) is 14.3 Å². The second kappa shape index (κ2) is 6.36. The summed E-state index contributed by atoms with van der Waals surface area (Å²) in [5, 5.41) is 3.90. The minimum absolute atomic E-state index is 0.378. The number of nitrogens with zero attached hydrogens (tertiary/aromatic N) is 1. The summed E-state index contributed by atoms with van der Waals surface area (Å²) in [7, 11) is 3.17. The summed E-state index contributed by atoms with van der Waals surface area (Å²) >= 11 is 0. The van der Waals surface area contributed by atoms with Crippen LogP contribution in [0.4, 0.5) is 0 Å². The average molecular weight is 309 g/mol. The molecule has 3 rings (SSSR count). The Kier molecular flexibility index (Phi) is 4.10. The van der Waals surface area contributed by atoms with Crippen molar-refractivity contribution in [2.45, 2.75) is 0 Å². The van der Waals surface area contributed by atoms with Crippen LogP contribution in [-0.2, 0) is 9.63 Å². The lowest BCUT2D eigenvalue weighted by molar-refractivity contribution is -0.136. The van der Waals surface area contributed by atoms with E-state index in [2.05, 4.69) is 5.16 Å². The smallest absolute Gasteiger partial charge is 0.368 e. The number of methoxy groups -OCH3 is 2. The summed E-state index contributed by atoms with van der Waals surface area (Å²) in [4.78, 5) is 16.9. The molecule has 0 N–H and O–H groups in total. The molecule has 1 heterocycles. The Balaban J connectivity index is 2.04. The number of carbonyl (C=O) groups excluding carboxylic acids is 1. The first-order valence-corrected chi connectivity index (χ1v) is 7.02. The Labute approximate surface area is 133 Å². The lowest BCUT2D eigenvalue weighted by Crippen LogP contribution is -2.07. The summed E-state index contributed by atoms with van der Waals surface area (Å²) in [6.45, 7) is 0. The third-order valence-corrected chi connectivity index (χ3v) is 3.48. The van der Waals surface area contributed by atoms with Gasteiger partial charge in [-0.05, 0) is 24.3 Å². The number of para-hydroxylation sites is 1. The Bertz CT molecular complexity index is 808. The van der Waals surface area contributed by atoms with Gasteiger partial charge >= 0.3 is 5.97 Å². The zero-order valence-corrected chi connectivity index (χ0v) is 12.8. The standard InChI is InChI=1S/C18H15NO4/c1-21-14-8-5-7-13(10-14)17-15(18(20)23-19-17)11-12-6-3-4-9-16(12)22-2/h3-11H,1-2H3. The monoisotopic (exact) mass is 309 g/mol. The van der Waals surface area contributed by atoms with E-state index in [-0.39, 0.29) is 0 Å². The first kappa shape index (κ1) is 14.8. The molecule has 0 aromatic heterocycles. The van der Waals surface area contributed by atoms with Crippen LogP contribution < -0.4 is 9.47 Å². The van der Waals surface area contributed by atoms with Gasteiger partial charge in [-0.2, -0.15) is 0 Å². The maximum absolute atomic E-state index is 12.0. The first-order valence-electron chi connectivity index (χ1n) is 7.02. The molecule has 23 heavy (non-hydrogen) atoms. The molecule has 0 atom stereocenters. The van der Waals surface area contributed by atoms with Crippen LogP contribution >= 0.6 is 0 Å². The van der Waals surface area contributed by atoms with E-state index in [0.29, 0.717) is 22.8 Å². The van der Waals surface area contributed by atoms with Crippen molar-refractivity contribution in [2.24, 2.45) is 5.16 Å². The summed E-state index contributed by atoms with van der Waals surface area (Å²) in [5.41, 5.74) is 2.37. The van der Waals surface area contributed by atoms with Crippen molar-refractivity contribution in [1.82, 2.24) is 0 Å². The number of oxime groups is 1. The molecule has 0 unspecified atom stereocenters. The highest BCUT2D eigenvalue weighted by Crippen LogP contribution is 2.26. The van der Waals surface area contributed by atoms with Crippen molar-refractivity contribution in [3.8, 4) is 11.5 Å². The Morgan fingerprint density at radius 2 is 1.87 bits per heavy atom. The van der Waals surface area contributed by atoms with Crippen LogP contribution in [0.15, 0.2) is 59.3 Å². The molecule has 5 nitrogen and oxygen atoms in total. The highest BCUT2D eigenvalue weighted by molar-refractivity contribution is 6.31. The lowest BCUT2D eigenvalue weighted by Gasteiger charge is -2.06. The molecule has 0 fully saturated rings. The number of rotatable bonds is 4. The molecule has 116 valence electrons. The van der Waals surface area contributed by atoms with Crippen LogP contribution in [0.1, 0.15) is 11.1 Å². The molecule has 0 radical (unpaired) electrons. The van der Waals surface area contributed by atoms with E-state index >= 15 is 0 Å². The van der Waals surface area contributed by atoms with Crippen molar-refractivity contribution in [3.63, 3.8) is 0 Å². The second-order valence-electron chi connectivity index (χ2n) is 4.85. The van der Waals surface area contributed by atoms with Crippen molar-refractivity contribution >= 4 is 17.8 Å². The van der Waals surface area contributed by atoms with Gasteiger partial charge in [-0.25, -0.2) is 4.79 Å². The number of hydrogen-bond acceptors (Lipinski definition) is 5. The highest BCUT2D eigenvalue weighted by atomic mass is 16.7. The maximum atomic E-state index is 12.0. The van der Waals surface area contributed by atoms with Gasteiger partial charge in [0.2, 0.25) is 0 Å². The van der Waals surface area contributed by atoms with Gasteiger partial charge in [-0.15, -0.1) is 0 Å². The van der Waals surface area contributed by atoms with Gasteiger partial charge in [0.1, 0.15) is 17.2 Å². The molecule has 1 aliphatic heterocycles. The third kappa shape index (κ3) is 2.94. The average Bonchev–Trinajstić information content (AvgIpc) is 2.96. The fourth-order valence-corrected chi connectivity index (χ4v) is 2.33. The number of carbonyl (C=O) groups is 1. The molecule has 2 aromatic carbocycles. The van der Waals surface area contributed by atoms with E-state index in [9.17, 15) is 4.79 Å². The minimum Gasteiger partial charge on any atom is -0.497 e. The topological polar surface area (TPSA) is 57.1 Å². The Morgan fingerprint density at radius 3 is 2.65 bits per heavy atom. The Morgan fingerprint density at radius 1 is 1.04 bits per heavy atom. The normalized spacial score (nSPS) is 15.3. The molecule has 5 heteroatoms. The second-order valence-corrected chi connectivity index (χ2v) is 4.85. The minimum atomic E-state index is -0.492. The largest absolute Gasteiger partial charge is 0.497 e. The van der Waals surface area contributed by atoms with Gasteiger partial charge in [0, 0.05) is 11.1 Å². The van der Waals surface area contributed by atoms with E-state index in [1.807, 2.05) is 42.5 Å². The van der Waals surface area contributed by atoms with Crippen LogP contribution in [0.5, 0.6) is 11.5 Å². The van der Waals surface area contributed by atoms with Crippen molar-refractivity contribution in [2.75, 3.05) is 14.2 Å².